The van der Waals surface area contributed by atoms with Crippen LogP contribution in [0.1, 0.15) is 18.1 Å². The van der Waals surface area contributed by atoms with E-state index in [2.05, 4.69) is 5.32 Å². The van der Waals surface area contributed by atoms with Gasteiger partial charge in [0.1, 0.15) is 0 Å². The average Bonchev–Trinajstić information content (AvgIpc) is 2.42. The van der Waals surface area contributed by atoms with Gasteiger partial charge in [0, 0.05) is 5.56 Å². The number of hydrogen-bond donors (Lipinski definition) is 3. The maximum atomic E-state index is 10.5. The fourth-order valence-electron chi connectivity index (χ4n) is 1.84. The summed E-state index contributed by atoms with van der Waals surface area (Å²) in [5.74, 6) is 0. The van der Waals surface area contributed by atoms with Crippen LogP contribution in [0.5, 0.6) is 0 Å². The maximum absolute atomic E-state index is 10.5. The molecule has 0 fully saturated rings. The van der Waals surface area contributed by atoms with Crippen LogP contribution in [0.4, 0.5) is 11.4 Å². The molecule has 0 bridgehead atoms. The van der Waals surface area contributed by atoms with Crippen LogP contribution in [-0.4, -0.2) is 5.11 Å². The Morgan fingerprint density at radius 1 is 1.21 bits per heavy atom. The van der Waals surface area contributed by atoms with Crippen molar-refractivity contribution >= 4 is 11.4 Å². The third-order valence-corrected chi connectivity index (χ3v) is 2.89. The molecule has 4 heteroatoms. The van der Waals surface area contributed by atoms with E-state index in [9.17, 15) is 5.11 Å². The molecule has 1 unspecified atom stereocenters. The van der Waals surface area contributed by atoms with Gasteiger partial charge in [-0.25, -0.2) is 0 Å². The highest BCUT2D eigenvalue weighted by Crippen LogP contribution is 2.27. The first-order valence-corrected chi connectivity index (χ1v) is 5.88. The van der Waals surface area contributed by atoms with Crippen LogP contribution in [0, 0.1) is 11.3 Å². The average molecular weight is 253 g/mol. The second kappa shape index (κ2) is 5.01. The predicted molar refractivity (Wildman–Crippen MR) is 75.2 cm³/mol. The second-order valence-corrected chi connectivity index (χ2v) is 4.48. The Labute approximate surface area is 112 Å². The molecule has 19 heavy (non-hydrogen) atoms. The van der Waals surface area contributed by atoms with E-state index in [0.29, 0.717) is 16.9 Å². The number of nitrogen functional groups attached to an aromatic ring is 1. The Balaban J connectivity index is 2.28. The van der Waals surface area contributed by atoms with Gasteiger partial charge in [-0.2, -0.15) is 5.26 Å². The van der Waals surface area contributed by atoms with Crippen LogP contribution < -0.4 is 11.1 Å². The molecule has 0 amide bonds. The molecule has 2 rings (SSSR count). The number of anilines is 2. The van der Waals surface area contributed by atoms with E-state index < -0.39 is 5.72 Å². The minimum absolute atomic E-state index is 0.426. The number of hydrogen-bond acceptors (Lipinski definition) is 4. The first kappa shape index (κ1) is 12.9. The van der Waals surface area contributed by atoms with E-state index in [1.54, 1.807) is 25.1 Å². The summed E-state index contributed by atoms with van der Waals surface area (Å²) in [6, 6.07) is 16.2. The highest BCUT2D eigenvalue weighted by atomic mass is 16.3. The number of nitrogens with two attached hydrogens (primary N) is 1. The standard InChI is InChI=1S/C15H15N3O/c1-15(19,12-5-3-2-4-6-12)18-14-8-7-11(10-16)9-13(14)17/h2-9,18-19H,17H2,1H3. The van der Waals surface area contributed by atoms with Crippen molar-refractivity contribution in [3.63, 3.8) is 0 Å². The summed E-state index contributed by atoms with van der Waals surface area (Å²) in [5.41, 5.74) is 6.86. The van der Waals surface area contributed by atoms with Crippen LogP contribution in [-0.2, 0) is 5.72 Å². The molecule has 0 radical (unpaired) electrons. The Morgan fingerprint density at radius 2 is 1.89 bits per heavy atom. The van der Waals surface area contributed by atoms with Crippen LogP contribution in [0.2, 0.25) is 0 Å². The Bertz CT molecular complexity index is 615. The lowest BCUT2D eigenvalue weighted by molar-refractivity contribution is 0.0889. The molecule has 0 saturated carbocycles. The van der Waals surface area contributed by atoms with Crippen LogP contribution >= 0.6 is 0 Å². The minimum Gasteiger partial charge on any atom is -0.397 e. The molecule has 0 aliphatic rings. The van der Waals surface area contributed by atoms with Gasteiger partial charge in [0.25, 0.3) is 0 Å². The predicted octanol–water partition coefficient (Wildman–Crippen LogP) is 2.42. The highest BCUT2D eigenvalue weighted by Gasteiger charge is 2.23. The van der Waals surface area contributed by atoms with Gasteiger partial charge < -0.3 is 16.2 Å². The van der Waals surface area contributed by atoms with Gasteiger partial charge in [0.05, 0.1) is 23.0 Å². The van der Waals surface area contributed by atoms with Crippen molar-refractivity contribution in [2.75, 3.05) is 11.1 Å². The first-order valence-electron chi connectivity index (χ1n) is 5.88. The van der Waals surface area contributed by atoms with Crippen molar-refractivity contribution in [2.45, 2.75) is 12.6 Å². The van der Waals surface area contributed by atoms with E-state index >= 15 is 0 Å². The molecule has 4 nitrogen and oxygen atoms in total. The molecule has 1 atom stereocenters. The minimum atomic E-state index is -1.23. The van der Waals surface area contributed by atoms with E-state index in [0.717, 1.165) is 5.56 Å². The fraction of sp³-hybridized carbons (Fsp3) is 0.133. The zero-order valence-corrected chi connectivity index (χ0v) is 10.6. The Hall–Kier alpha value is -2.51. The van der Waals surface area contributed by atoms with Gasteiger partial charge in [0.15, 0.2) is 5.72 Å². The lowest BCUT2D eigenvalue weighted by atomic mass is 10.0. The summed E-state index contributed by atoms with van der Waals surface area (Å²) in [7, 11) is 0. The Morgan fingerprint density at radius 3 is 2.47 bits per heavy atom. The molecule has 96 valence electrons. The van der Waals surface area contributed by atoms with Gasteiger partial charge >= 0.3 is 0 Å². The molecule has 2 aromatic rings. The number of nitrogens with zero attached hydrogens (tertiary/aromatic N) is 1. The smallest absolute Gasteiger partial charge is 0.159 e. The van der Waals surface area contributed by atoms with Crippen molar-refractivity contribution in [3.05, 3.63) is 59.7 Å². The molecule has 0 aliphatic heterocycles. The molecule has 2 aromatic carbocycles. The van der Waals surface area contributed by atoms with Gasteiger partial charge in [-0.05, 0) is 25.1 Å². The maximum Gasteiger partial charge on any atom is 0.159 e. The fourth-order valence-corrected chi connectivity index (χ4v) is 1.84. The third kappa shape index (κ3) is 2.84. The normalized spacial score (nSPS) is 13.3. The van der Waals surface area contributed by atoms with Crippen molar-refractivity contribution in [1.82, 2.24) is 0 Å². The van der Waals surface area contributed by atoms with Crippen molar-refractivity contribution in [3.8, 4) is 6.07 Å². The van der Waals surface area contributed by atoms with Gasteiger partial charge in [0.2, 0.25) is 0 Å². The number of nitriles is 1. The van der Waals surface area contributed by atoms with Crippen LogP contribution in [0.15, 0.2) is 48.5 Å². The number of rotatable bonds is 3. The van der Waals surface area contributed by atoms with E-state index in [-0.39, 0.29) is 0 Å². The zero-order chi connectivity index (χ0) is 13.9. The first-order chi connectivity index (χ1) is 9.03. The van der Waals surface area contributed by atoms with E-state index in [4.69, 9.17) is 11.0 Å². The summed E-state index contributed by atoms with van der Waals surface area (Å²) in [5, 5.41) is 22.2. The van der Waals surface area contributed by atoms with Crippen LogP contribution in [0.3, 0.4) is 0 Å². The topological polar surface area (TPSA) is 82.1 Å². The SMILES string of the molecule is CC(O)(Nc1ccc(C#N)cc1N)c1ccccc1. The summed E-state index contributed by atoms with van der Waals surface area (Å²) < 4.78 is 0. The second-order valence-electron chi connectivity index (χ2n) is 4.48. The summed E-state index contributed by atoms with van der Waals surface area (Å²) in [4.78, 5) is 0. The molecular weight excluding hydrogens is 238 g/mol. The third-order valence-electron chi connectivity index (χ3n) is 2.89. The summed E-state index contributed by atoms with van der Waals surface area (Å²) >= 11 is 0. The summed E-state index contributed by atoms with van der Waals surface area (Å²) in [6.45, 7) is 1.65. The van der Waals surface area contributed by atoms with Crippen molar-refractivity contribution < 1.29 is 5.11 Å². The number of nitrogens with one attached hydrogen (secondary N) is 1. The number of aliphatic hydroxyl groups is 1. The molecule has 0 heterocycles. The molecular formula is C15H15N3O. The van der Waals surface area contributed by atoms with E-state index in [1.165, 1.54) is 0 Å². The molecule has 0 spiro atoms. The lowest BCUT2D eigenvalue weighted by Gasteiger charge is -2.27. The zero-order valence-electron chi connectivity index (χ0n) is 10.6. The van der Waals surface area contributed by atoms with Gasteiger partial charge in [-0.1, -0.05) is 30.3 Å². The lowest BCUT2D eigenvalue weighted by Crippen LogP contribution is -2.31. The summed E-state index contributed by atoms with van der Waals surface area (Å²) in [6.07, 6.45) is 0. The molecule has 0 saturated heterocycles. The quantitative estimate of drug-likeness (QED) is 0.579. The van der Waals surface area contributed by atoms with Gasteiger partial charge in [-0.3, -0.25) is 0 Å². The van der Waals surface area contributed by atoms with Gasteiger partial charge in [-0.15, -0.1) is 0 Å². The van der Waals surface area contributed by atoms with E-state index in [1.807, 2.05) is 36.4 Å². The van der Waals surface area contributed by atoms with Crippen molar-refractivity contribution in [1.29, 1.82) is 5.26 Å². The molecule has 4 N–H and O–H groups in total. The largest absolute Gasteiger partial charge is 0.397 e. The monoisotopic (exact) mass is 253 g/mol. The highest BCUT2D eigenvalue weighted by molar-refractivity contribution is 5.69. The van der Waals surface area contributed by atoms with Crippen LogP contribution in [0.25, 0.3) is 0 Å². The number of benzene rings is 2. The molecule has 0 aromatic heterocycles. The Kier molecular flexibility index (Phi) is 3.41. The molecule has 0 aliphatic carbocycles. The van der Waals surface area contributed by atoms with Crippen molar-refractivity contribution in [2.24, 2.45) is 0 Å².